The van der Waals surface area contributed by atoms with Gasteiger partial charge in [0.2, 0.25) is 0 Å². The highest BCUT2D eigenvalue weighted by molar-refractivity contribution is 14.0. The fraction of sp³-hybridized carbons (Fsp3) is 0.421. The van der Waals surface area contributed by atoms with Gasteiger partial charge in [0.25, 0.3) is 0 Å². The largest absolute Gasteiger partial charge is 0.355 e. The molecule has 3 rings (SSSR count). The summed E-state index contributed by atoms with van der Waals surface area (Å²) in [7, 11) is 5.97. The summed E-state index contributed by atoms with van der Waals surface area (Å²) in [6, 6.07) is 12.4. The highest BCUT2D eigenvalue weighted by atomic mass is 127. The fourth-order valence-corrected chi connectivity index (χ4v) is 3.34. The zero-order chi connectivity index (χ0) is 17.2. The number of hydrogen-bond acceptors (Lipinski definition) is 1. The third kappa shape index (κ3) is 4.70. The third-order valence-corrected chi connectivity index (χ3v) is 5.13. The molecule has 0 aliphatic heterocycles. The first-order valence-electron chi connectivity index (χ1n) is 8.32. The summed E-state index contributed by atoms with van der Waals surface area (Å²) >= 11 is 6.16. The van der Waals surface area contributed by atoms with E-state index < -0.39 is 0 Å². The van der Waals surface area contributed by atoms with Gasteiger partial charge in [0.05, 0.1) is 6.54 Å². The SMILES string of the molecule is CN=C(NCC1(c2cccc(Cl)c2)CC1)N(C)Cc1cccn1C.I. The van der Waals surface area contributed by atoms with Crippen molar-refractivity contribution in [2.45, 2.75) is 24.8 Å². The number of aromatic nitrogens is 1. The second-order valence-corrected chi connectivity index (χ2v) is 7.09. The van der Waals surface area contributed by atoms with Crippen LogP contribution in [0.5, 0.6) is 0 Å². The van der Waals surface area contributed by atoms with Crippen molar-refractivity contribution in [3.8, 4) is 0 Å². The summed E-state index contributed by atoms with van der Waals surface area (Å²) in [6.07, 6.45) is 4.45. The van der Waals surface area contributed by atoms with Crippen molar-refractivity contribution in [2.75, 3.05) is 20.6 Å². The van der Waals surface area contributed by atoms with Gasteiger partial charge in [0.1, 0.15) is 0 Å². The lowest BCUT2D eigenvalue weighted by Gasteiger charge is -2.25. The van der Waals surface area contributed by atoms with Crippen LogP contribution in [0, 0.1) is 0 Å². The van der Waals surface area contributed by atoms with Gasteiger partial charge in [-0.25, -0.2) is 0 Å². The van der Waals surface area contributed by atoms with Crippen LogP contribution < -0.4 is 5.32 Å². The number of rotatable bonds is 5. The molecule has 0 atom stereocenters. The van der Waals surface area contributed by atoms with Crippen LogP contribution in [-0.4, -0.2) is 36.1 Å². The van der Waals surface area contributed by atoms with Crippen LogP contribution in [-0.2, 0) is 19.0 Å². The molecule has 6 heteroatoms. The van der Waals surface area contributed by atoms with E-state index in [1.807, 2.05) is 19.2 Å². The van der Waals surface area contributed by atoms with E-state index in [0.717, 1.165) is 24.1 Å². The Kier molecular flexibility index (Phi) is 6.79. The maximum absolute atomic E-state index is 6.16. The second-order valence-electron chi connectivity index (χ2n) is 6.66. The first-order valence-corrected chi connectivity index (χ1v) is 8.70. The molecule has 0 saturated heterocycles. The summed E-state index contributed by atoms with van der Waals surface area (Å²) in [4.78, 5) is 6.59. The molecule has 1 aromatic carbocycles. The molecule has 1 aliphatic rings. The monoisotopic (exact) mass is 472 g/mol. The molecule has 2 aromatic rings. The molecule has 25 heavy (non-hydrogen) atoms. The first kappa shape index (κ1) is 20.1. The first-order chi connectivity index (χ1) is 11.5. The van der Waals surface area contributed by atoms with Crippen LogP contribution in [0.2, 0.25) is 5.02 Å². The third-order valence-electron chi connectivity index (χ3n) is 4.90. The van der Waals surface area contributed by atoms with Gasteiger partial charge in [-0.05, 0) is 42.7 Å². The molecule has 0 radical (unpaired) electrons. The Balaban J connectivity index is 0.00000225. The van der Waals surface area contributed by atoms with Gasteiger partial charge in [0, 0.05) is 50.0 Å². The van der Waals surface area contributed by atoms with E-state index in [1.165, 1.54) is 24.1 Å². The normalized spacial score (nSPS) is 15.4. The number of guanidine groups is 1. The number of aryl methyl sites for hydroxylation is 1. The molecular formula is C19H26ClIN4. The van der Waals surface area contributed by atoms with Crippen LogP contribution in [0.4, 0.5) is 0 Å². The predicted molar refractivity (Wildman–Crippen MR) is 116 cm³/mol. The van der Waals surface area contributed by atoms with Crippen LogP contribution in [0.1, 0.15) is 24.1 Å². The molecule has 0 unspecified atom stereocenters. The minimum atomic E-state index is 0. The Morgan fingerprint density at radius 2 is 2.08 bits per heavy atom. The number of halogens is 2. The quantitative estimate of drug-likeness (QED) is 0.405. The van der Waals surface area contributed by atoms with Gasteiger partial charge in [-0.15, -0.1) is 24.0 Å². The maximum atomic E-state index is 6.16. The topological polar surface area (TPSA) is 32.6 Å². The molecule has 1 aromatic heterocycles. The van der Waals surface area contributed by atoms with E-state index in [4.69, 9.17) is 11.6 Å². The van der Waals surface area contributed by atoms with Crippen LogP contribution in [0.3, 0.4) is 0 Å². The highest BCUT2D eigenvalue weighted by Crippen LogP contribution is 2.48. The molecule has 136 valence electrons. The smallest absolute Gasteiger partial charge is 0.193 e. The number of benzene rings is 1. The Morgan fingerprint density at radius 3 is 2.64 bits per heavy atom. The molecule has 1 aliphatic carbocycles. The predicted octanol–water partition coefficient (Wildman–Crippen LogP) is 4.04. The molecule has 1 N–H and O–H groups in total. The van der Waals surface area contributed by atoms with Crippen LogP contribution >= 0.6 is 35.6 Å². The molecule has 0 spiro atoms. The zero-order valence-electron chi connectivity index (χ0n) is 15.0. The Morgan fingerprint density at radius 1 is 1.32 bits per heavy atom. The van der Waals surface area contributed by atoms with Gasteiger partial charge < -0.3 is 14.8 Å². The van der Waals surface area contributed by atoms with Crippen molar-refractivity contribution in [3.63, 3.8) is 0 Å². The van der Waals surface area contributed by atoms with Crippen molar-refractivity contribution >= 4 is 41.5 Å². The molecule has 0 amide bonds. The van der Waals surface area contributed by atoms with Crippen LogP contribution in [0.15, 0.2) is 47.6 Å². The average Bonchev–Trinajstić information content (AvgIpc) is 3.26. The fourth-order valence-electron chi connectivity index (χ4n) is 3.15. The van der Waals surface area contributed by atoms with Crippen molar-refractivity contribution in [3.05, 3.63) is 58.9 Å². The van der Waals surface area contributed by atoms with Gasteiger partial charge in [-0.3, -0.25) is 4.99 Å². The van der Waals surface area contributed by atoms with E-state index in [-0.39, 0.29) is 29.4 Å². The van der Waals surface area contributed by atoms with Gasteiger partial charge in [0.15, 0.2) is 5.96 Å². The molecule has 1 fully saturated rings. The lowest BCUT2D eigenvalue weighted by molar-refractivity contribution is 0.456. The van der Waals surface area contributed by atoms with Gasteiger partial charge in [-0.2, -0.15) is 0 Å². The Bertz CT molecular complexity index is 737. The van der Waals surface area contributed by atoms with E-state index in [2.05, 4.69) is 64.3 Å². The number of hydrogen-bond donors (Lipinski definition) is 1. The lowest BCUT2D eigenvalue weighted by atomic mass is 9.96. The molecular weight excluding hydrogens is 447 g/mol. The van der Waals surface area contributed by atoms with Crippen molar-refractivity contribution < 1.29 is 0 Å². The van der Waals surface area contributed by atoms with Crippen LogP contribution in [0.25, 0.3) is 0 Å². The molecule has 0 bridgehead atoms. The number of nitrogens with zero attached hydrogens (tertiary/aromatic N) is 3. The molecule has 1 saturated carbocycles. The van der Waals surface area contributed by atoms with E-state index in [9.17, 15) is 0 Å². The van der Waals surface area contributed by atoms with Crippen molar-refractivity contribution in [2.24, 2.45) is 12.0 Å². The van der Waals surface area contributed by atoms with E-state index in [0.29, 0.717) is 0 Å². The molecule has 4 nitrogen and oxygen atoms in total. The minimum absolute atomic E-state index is 0. The lowest BCUT2D eigenvalue weighted by Crippen LogP contribution is -2.42. The Labute approximate surface area is 172 Å². The van der Waals surface area contributed by atoms with E-state index >= 15 is 0 Å². The standard InChI is InChI=1S/C19H25ClN4.HI/c1-21-18(24(3)13-17-8-5-11-23(17)2)22-14-19(9-10-19)15-6-4-7-16(20)12-15;/h4-8,11-12H,9-10,13-14H2,1-3H3,(H,21,22);1H. The Hall–Kier alpha value is -1.21. The second kappa shape index (κ2) is 8.45. The number of aliphatic imine (C=N–C) groups is 1. The summed E-state index contributed by atoms with van der Waals surface area (Å²) in [5.41, 5.74) is 2.78. The maximum Gasteiger partial charge on any atom is 0.193 e. The number of nitrogens with one attached hydrogen (secondary N) is 1. The summed E-state index contributed by atoms with van der Waals surface area (Å²) in [5, 5.41) is 4.35. The average molecular weight is 473 g/mol. The summed E-state index contributed by atoms with van der Waals surface area (Å²) in [6.45, 7) is 1.71. The summed E-state index contributed by atoms with van der Waals surface area (Å²) < 4.78 is 2.14. The molecule has 1 heterocycles. The highest BCUT2D eigenvalue weighted by Gasteiger charge is 2.44. The summed E-state index contributed by atoms with van der Waals surface area (Å²) in [5.74, 6) is 0.921. The van der Waals surface area contributed by atoms with Gasteiger partial charge >= 0.3 is 0 Å². The zero-order valence-corrected chi connectivity index (χ0v) is 18.1. The van der Waals surface area contributed by atoms with Gasteiger partial charge in [-0.1, -0.05) is 23.7 Å². The van der Waals surface area contributed by atoms with Crippen molar-refractivity contribution in [1.29, 1.82) is 0 Å². The van der Waals surface area contributed by atoms with Crippen molar-refractivity contribution in [1.82, 2.24) is 14.8 Å². The van der Waals surface area contributed by atoms with E-state index in [1.54, 1.807) is 0 Å². The minimum Gasteiger partial charge on any atom is -0.355 e.